The third kappa shape index (κ3) is 3.86. The first-order chi connectivity index (χ1) is 13.8. The zero-order valence-electron chi connectivity index (χ0n) is 15.6. The van der Waals surface area contributed by atoms with E-state index in [-0.39, 0.29) is 21.6 Å². The van der Waals surface area contributed by atoms with Crippen molar-refractivity contribution in [2.45, 2.75) is 18.2 Å². The minimum Gasteiger partial charge on any atom is -0.377 e. The number of rotatable bonds is 4. The number of carbonyl (C=O) groups is 1. The lowest BCUT2D eigenvalue weighted by atomic mass is 10.1. The summed E-state index contributed by atoms with van der Waals surface area (Å²) in [6.45, 7) is 2.00. The smallest absolute Gasteiger partial charge is 0.339 e. The molecule has 5 nitrogen and oxygen atoms in total. The molecule has 0 N–H and O–H groups in total. The Morgan fingerprint density at radius 3 is 2.45 bits per heavy atom. The fourth-order valence-electron chi connectivity index (χ4n) is 3.39. The fraction of sp³-hybridized carbons (Fsp3) is 0.136. The van der Waals surface area contributed by atoms with Crippen molar-refractivity contribution in [3.8, 4) is 16.9 Å². The van der Waals surface area contributed by atoms with E-state index in [1.807, 2.05) is 30.3 Å². The molecule has 3 aromatic rings. The summed E-state index contributed by atoms with van der Waals surface area (Å²) in [5.74, 6) is -0.0750. The van der Waals surface area contributed by atoms with Gasteiger partial charge in [0.2, 0.25) is 5.91 Å². The molecule has 0 aliphatic carbocycles. The molecule has 1 aliphatic rings. The molecule has 148 valence electrons. The van der Waals surface area contributed by atoms with E-state index in [0.717, 1.165) is 16.7 Å². The molecule has 0 radical (unpaired) electrons. The van der Waals surface area contributed by atoms with Crippen LogP contribution < -0.4 is 9.08 Å². The van der Waals surface area contributed by atoms with Crippen LogP contribution in [0.2, 0.25) is 5.02 Å². The second-order valence-corrected chi connectivity index (χ2v) is 8.71. The summed E-state index contributed by atoms with van der Waals surface area (Å²) in [4.78, 5) is 13.3. The summed E-state index contributed by atoms with van der Waals surface area (Å²) in [6.07, 6.45) is 0.697. The van der Waals surface area contributed by atoms with Crippen LogP contribution in [0.4, 0.5) is 5.69 Å². The molecule has 29 heavy (non-hydrogen) atoms. The zero-order chi connectivity index (χ0) is 20.6. The first-order valence-corrected chi connectivity index (χ1v) is 10.8. The lowest BCUT2D eigenvalue weighted by Gasteiger charge is -2.16. The van der Waals surface area contributed by atoms with Gasteiger partial charge < -0.3 is 9.08 Å². The SMILES string of the molecule is CC(=O)N1CCc2ccc(S(=O)(=O)Oc3ccc(-c4ccccc4)cc3Cl)cc21. The van der Waals surface area contributed by atoms with Crippen molar-refractivity contribution >= 4 is 33.3 Å². The van der Waals surface area contributed by atoms with Crippen molar-refractivity contribution in [1.82, 2.24) is 0 Å². The molecule has 0 fully saturated rings. The van der Waals surface area contributed by atoms with Crippen molar-refractivity contribution in [2.75, 3.05) is 11.4 Å². The van der Waals surface area contributed by atoms with Crippen LogP contribution in [-0.2, 0) is 21.3 Å². The molecule has 0 aromatic heterocycles. The number of halogens is 1. The Balaban J connectivity index is 1.63. The Hall–Kier alpha value is -2.83. The average Bonchev–Trinajstić information content (AvgIpc) is 3.14. The second kappa shape index (κ2) is 7.54. The molecule has 1 aliphatic heterocycles. The highest BCUT2D eigenvalue weighted by Crippen LogP contribution is 2.34. The summed E-state index contributed by atoms with van der Waals surface area (Å²) < 4.78 is 30.9. The highest BCUT2D eigenvalue weighted by molar-refractivity contribution is 7.87. The minimum atomic E-state index is -4.11. The largest absolute Gasteiger partial charge is 0.377 e. The van der Waals surface area contributed by atoms with Gasteiger partial charge >= 0.3 is 10.1 Å². The van der Waals surface area contributed by atoms with E-state index < -0.39 is 10.1 Å². The van der Waals surface area contributed by atoms with E-state index >= 15 is 0 Å². The molecule has 0 bridgehead atoms. The van der Waals surface area contributed by atoms with E-state index in [9.17, 15) is 13.2 Å². The molecule has 3 aromatic carbocycles. The quantitative estimate of drug-likeness (QED) is 0.567. The number of nitrogens with zero attached hydrogens (tertiary/aromatic N) is 1. The summed E-state index contributed by atoms with van der Waals surface area (Å²) in [5, 5.41) is 0.196. The fourth-order valence-corrected chi connectivity index (χ4v) is 4.62. The van der Waals surface area contributed by atoms with Crippen LogP contribution in [-0.4, -0.2) is 20.9 Å². The van der Waals surface area contributed by atoms with Gasteiger partial charge in [-0.25, -0.2) is 0 Å². The third-order valence-corrected chi connectivity index (χ3v) is 6.39. The van der Waals surface area contributed by atoms with Crippen molar-refractivity contribution in [3.05, 3.63) is 77.3 Å². The van der Waals surface area contributed by atoms with E-state index in [0.29, 0.717) is 18.7 Å². The zero-order valence-corrected chi connectivity index (χ0v) is 17.2. The van der Waals surface area contributed by atoms with Crippen LogP contribution in [0, 0.1) is 0 Å². The highest BCUT2D eigenvalue weighted by Gasteiger charge is 2.26. The summed E-state index contributed by atoms with van der Waals surface area (Å²) >= 11 is 6.29. The average molecular weight is 428 g/mol. The number of carbonyl (C=O) groups excluding carboxylic acids is 1. The third-order valence-electron chi connectivity index (χ3n) is 4.86. The number of hydrogen-bond donors (Lipinski definition) is 0. The molecule has 1 amide bonds. The molecular formula is C22H18ClNO4S. The lowest BCUT2D eigenvalue weighted by molar-refractivity contribution is -0.116. The van der Waals surface area contributed by atoms with Gasteiger partial charge in [0.1, 0.15) is 4.90 Å². The normalized spacial score (nSPS) is 13.2. The lowest BCUT2D eigenvalue weighted by Crippen LogP contribution is -2.26. The Morgan fingerprint density at radius 1 is 1.00 bits per heavy atom. The molecule has 4 rings (SSSR count). The van der Waals surface area contributed by atoms with Crippen molar-refractivity contribution in [2.24, 2.45) is 0 Å². The van der Waals surface area contributed by atoms with Crippen LogP contribution in [0.1, 0.15) is 12.5 Å². The summed E-state index contributed by atoms with van der Waals surface area (Å²) in [5.41, 5.74) is 3.36. The monoisotopic (exact) mass is 427 g/mol. The minimum absolute atomic E-state index is 0.0207. The molecular weight excluding hydrogens is 410 g/mol. The molecule has 7 heteroatoms. The van der Waals surface area contributed by atoms with Gasteiger partial charge in [0.05, 0.1) is 5.02 Å². The van der Waals surface area contributed by atoms with Gasteiger partial charge in [-0.05, 0) is 47.4 Å². The molecule has 0 saturated carbocycles. The van der Waals surface area contributed by atoms with E-state index in [1.165, 1.54) is 25.1 Å². The van der Waals surface area contributed by atoms with Gasteiger partial charge in [0, 0.05) is 19.2 Å². The van der Waals surface area contributed by atoms with E-state index in [1.54, 1.807) is 23.1 Å². The van der Waals surface area contributed by atoms with Gasteiger partial charge in [0.25, 0.3) is 0 Å². The predicted molar refractivity (Wildman–Crippen MR) is 113 cm³/mol. The first-order valence-electron chi connectivity index (χ1n) is 9.06. The number of amides is 1. The van der Waals surface area contributed by atoms with Crippen molar-refractivity contribution < 1.29 is 17.4 Å². The van der Waals surface area contributed by atoms with Crippen molar-refractivity contribution in [3.63, 3.8) is 0 Å². The van der Waals surface area contributed by atoms with E-state index in [4.69, 9.17) is 15.8 Å². The molecule has 1 heterocycles. The highest BCUT2D eigenvalue weighted by atomic mass is 35.5. The number of benzene rings is 3. The van der Waals surface area contributed by atoms with Crippen LogP contribution >= 0.6 is 11.6 Å². The van der Waals surface area contributed by atoms with Gasteiger partial charge in [-0.2, -0.15) is 8.42 Å². The number of anilines is 1. The Labute approximate surface area is 174 Å². The maximum Gasteiger partial charge on any atom is 0.339 e. The standard InChI is InChI=1S/C22H18ClNO4S/c1-15(25)24-12-11-17-7-9-19(14-21(17)24)29(26,27)28-22-10-8-18(13-20(22)23)16-5-3-2-4-6-16/h2-10,13-14H,11-12H2,1H3. The number of fused-ring (bicyclic) bond motifs is 1. The number of hydrogen-bond acceptors (Lipinski definition) is 4. The molecule has 0 atom stereocenters. The Morgan fingerprint density at radius 2 is 1.76 bits per heavy atom. The van der Waals surface area contributed by atoms with Crippen molar-refractivity contribution in [1.29, 1.82) is 0 Å². The van der Waals surface area contributed by atoms with E-state index in [2.05, 4.69) is 0 Å². The van der Waals surface area contributed by atoms with Crippen LogP contribution in [0.15, 0.2) is 71.6 Å². The summed E-state index contributed by atoms with van der Waals surface area (Å²) in [6, 6.07) is 19.3. The topological polar surface area (TPSA) is 63.7 Å². The second-order valence-electron chi connectivity index (χ2n) is 6.76. The predicted octanol–water partition coefficient (Wildman–Crippen LogP) is 4.68. The van der Waals surface area contributed by atoms with Gasteiger partial charge in [-0.3, -0.25) is 4.79 Å². The molecule has 0 spiro atoms. The molecule has 0 saturated heterocycles. The van der Waals surface area contributed by atoms with Gasteiger partial charge in [-0.1, -0.05) is 54.1 Å². The van der Waals surface area contributed by atoms with Gasteiger partial charge in [0.15, 0.2) is 5.75 Å². The van der Waals surface area contributed by atoms with Crippen LogP contribution in [0.5, 0.6) is 5.75 Å². The summed E-state index contributed by atoms with van der Waals surface area (Å²) in [7, 11) is -4.11. The first kappa shape index (κ1) is 19.5. The maximum absolute atomic E-state index is 12.8. The van der Waals surface area contributed by atoms with Crippen LogP contribution in [0.25, 0.3) is 11.1 Å². The maximum atomic E-state index is 12.8. The Kier molecular flexibility index (Phi) is 5.06. The Bertz CT molecular complexity index is 1190. The van der Waals surface area contributed by atoms with Crippen LogP contribution in [0.3, 0.4) is 0 Å². The van der Waals surface area contributed by atoms with Gasteiger partial charge in [-0.15, -0.1) is 0 Å². The molecule has 0 unspecified atom stereocenters.